The molecule has 0 amide bonds. The van der Waals surface area contributed by atoms with E-state index in [1.807, 2.05) is 0 Å². The van der Waals surface area contributed by atoms with Gasteiger partial charge in [-0.2, -0.15) is 0 Å². The molecule has 1 nitrogen and oxygen atoms in total. The van der Waals surface area contributed by atoms with Crippen LogP contribution in [0.1, 0.15) is 12.5 Å². The smallest absolute Gasteiger partial charge is 0.164 e. The second-order valence-corrected chi connectivity index (χ2v) is 2.91. The number of alkyl halides is 1. The highest BCUT2D eigenvalue weighted by Gasteiger charge is 2.12. The van der Waals surface area contributed by atoms with Crippen LogP contribution >= 0.6 is 0 Å². The van der Waals surface area contributed by atoms with Crippen LogP contribution in [0.2, 0.25) is 0 Å². The maximum absolute atomic E-state index is 12.9. The van der Waals surface area contributed by atoms with E-state index in [1.165, 1.54) is 31.2 Å². The van der Waals surface area contributed by atoms with E-state index in [9.17, 15) is 13.6 Å². The van der Waals surface area contributed by atoms with E-state index in [4.69, 9.17) is 0 Å². The molecule has 1 atom stereocenters. The van der Waals surface area contributed by atoms with Crippen molar-refractivity contribution in [2.24, 2.45) is 0 Å². The Balaban J connectivity index is 2.64. The summed E-state index contributed by atoms with van der Waals surface area (Å²) in [6.07, 6.45) is -1.46. The zero-order valence-electron chi connectivity index (χ0n) is 7.26. The van der Waals surface area contributed by atoms with Gasteiger partial charge in [-0.05, 0) is 24.6 Å². The van der Waals surface area contributed by atoms with Crippen molar-refractivity contribution in [3.8, 4) is 0 Å². The largest absolute Gasteiger partial charge is 0.297 e. The molecule has 0 fully saturated rings. The lowest BCUT2D eigenvalue weighted by Crippen LogP contribution is -2.14. The molecule has 0 N–H and O–H groups in total. The molecule has 3 heteroatoms. The Morgan fingerprint density at radius 1 is 1.38 bits per heavy atom. The average molecular weight is 184 g/mol. The van der Waals surface area contributed by atoms with Crippen LogP contribution < -0.4 is 0 Å². The van der Waals surface area contributed by atoms with E-state index < -0.39 is 12.0 Å². The second-order valence-electron chi connectivity index (χ2n) is 2.91. The lowest BCUT2D eigenvalue weighted by atomic mass is 10.1. The maximum Gasteiger partial charge on any atom is 0.164 e. The summed E-state index contributed by atoms with van der Waals surface area (Å²) in [7, 11) is 0. The van der Waals surface area contributed by atoms with E-state index in [0.29, 0.717) is 5.56 Å². The first-order valence-corrected chi connectivity index (χ1v) is 3.98. The fourth-order valence-electron chi connectivity index (χ4n) is 0.971. The number of carbonyl (C=O) groups is 1. The molecule has 0 radical (unpaired) electrons. The van der Waals surface area contributed by atoms with Crippen molar-refractivity contribution in [3.63, 3.8) is 0 Å². The Morgan fingerprint density at radius 2 is 1.92 bits per heavy atom. The predicted octanol–water partition coefficient (Wildman–Crippen LogP) is 2.30. The lowest BCUT2D eigenvalue weighted by molar-refractivity contribution is -0.121. The van der Waals surface area contributed by atoms with Crippen LogP contribution in [0, 0.1) is 5.82 Å². The predicted molar refractivity (Wildman–Crippen MR) is 45.7 cm³/mol. The van der Waals surface area contributed by atoms with Gasteiger partial charge in [-0.15, -0.1) is 0 Å². The monoisotopic (exact) mass is 184 g/mol. The number of Topliss-reactive ketones (excluding diaryl/α,β-unsaturated/α-hetero) is 1. The maximum atomic E-state index is 12.9. The molecule has 0 bridgehead atoms. The highest BCUT2D eigenvalue weighted by atomic mass is 19.1. The highest BCUT2D eigenvalue weighted by Crippen LogP contribution is 2.08. The Morgan fingerprint density at radius 3 is 2.38 bits per heavy atom. The van der Waals surface area contributed by atoms with Gasteiger partial charge < -0.3 is 0 Å². The molecule has 0 heterocycles. The number of carbonyl (C=O) groups excluding carboxylic acids is 1. The number of hydrogen-bond acceptors (Lipinski definition) is 1. The van der Waals surface area contributed by atoms with Crippen LogP contribution in [0.3, 0.4) is 0 Å². The van der Waals surface area contributed by atoms with Crippen molar-refractivity contribution in [3.05, 3.63) is 35.6 Å². The zero-order valence-corrected chi connectivity index (χ0v) is 7.26. The minimum Gasteiger partial charge on any atom is -0.297 e. The minimum absolute atomic E-state index is 0.0234. The van der Waals surface area contributed by atoms with Gasteiger partial charge >= 0.3 is 0 Å². The third-order valence-corrected chi connectivity index (χ3v) is 1.77. The molecular formula is C10H10F2O. The molecule has 0 saturated heterocycles. The van der Waals surface area contributed by atoms with E-state index in [0.717, 1.165) is 0 Å². The van der Waals surface area contributed by atoms with E-state index in [-0.39, 0.29) is 12.2 Å². The first-order chi connectivity index (χ1) is 6.09. The van der Waals surface area contributed by atoms with Crippen LogP contribution in [-0.4, -0.2) is 12.0 Å². The zero-order chi connectivity index (χ0) is 9.84. The molecule has 0 aliphatic carbocycles. The second kappa shape index (κ2) is 4.12. The molecule has 70 valence electrons. The molecule has 0 saturated carbocycles. The number of benzene rings is 1. The number of rotatable bonds is 3. The minimum atomic E-state index is -1.48. The first kappa shape index (κ1) is 9.84. The summed E-state index contributed by atoms with van der Waals surface area (Å²) >= 11 is 0. The van der Waals surface area contributed by atoms with Gasteiger partial charge in [0.1, 0.15) is 5.82 Å². The van der Waals surface area contributed by atoms with Gasteiger partial charge in [0.15, 0.2) is 12.0 Å². The molecule has 1 rings (SSSR count). The van der Waals surface area contributed by atoms with Gasteiger partial charge in [0.05, 0.1) is 0 Å². The number of halogens is 2. The molecule has 0 aliphatic rings. The summed E-state index contributed by atoms with van der Waals surface area (Å²) in [6, 6.07) is 5.46. The Labute approximate surface area is 75.4 Å². The summed E-state index contributed by atoms with van der Waals surface area (Å²) < 4.78 is 25.3. The standard InChI is InChI=1S/C10H10F2O/c1-7(13)10(12)6-8-2-4-9(11)5-3-8/h2-5,10H,6H2,1H3. The normalized spacial score (nSPS) is 12.5. The Hall–Kier alpha value is -1.25. The van der Waals surface area contributed by atoms with Crippen LogP contribution in [0.5, 0.6) is 0 Å². The molecule has 13 heavy (non-hydrogen) atoms. The molecule has 1 aromatic rings. The van der Waals surface area contributed by atoms with Crippen molar-refractivity contribution in [1.29, 1.82) is 0 Å². The Kier molecular flexibility index (Phi) is 3.12. The molecular weight excluding hydrogens is 174 g/mol. The van der Waals surface area contributed by atoms with Crippen molar-refractivity contribution in [1.82, 2.24) is 0 Å². The van der Waals surface area contributed by atoms with Crippen LogP contribution in [-0.2, 0) is 11.2 Å². The lowest BCUT2D eigenvalue weighted by Gasteiger charge is -2.03. The average Bonchev–Trinajstić information content (AvgIpc) is 2.08. The molecule has 0 aromatic heterocycles. The van der Waals surface area contributed by atoms with Crippen LogP contribution in [0.15, 0.2) is 24.3 Å². The number of hydrogen-bond donors (Lipinski definition) is 0. The van der Waals surface area contributed by atoms with Gasteiger partial charge in [-0.3, -0.25) is 4.79 Å². The van der Waals surface area contributed by atoms with Crippen LogP contribution in [0.4, 0.5) is 8.78 Å². The quantitative estimate of drug-likeness (QED) is 0.704. The summed E-state index contributed by atoms with van der Waals surface area (Å²) in [5.74, 6) is -0.855. The van der Waals surface area contributed by atoms with E-state index in [2.05, 4.69) is 0 Å². The number of ketones is 1. The van der Waals surface area contributed by atoms with Gasteiger partial charge in [0.25, 0.3) is 0 Å². The first-order valence-electron chi connectivity index (χ1n) is 3.98. The molecule has 0 spiro atoms. The molecule has 1 aromatic carbocycles. The van der Waals surface area contributed by atoms with Gasteiger partial charge in [-0.25, -0.2) is 8.78 Å². The molecule has 1 unspecified atom stereocenters. The summed E-state index contributed by atoms with van der Waals surface area (Å²) in [4.78, 5) is 10.6. The van der Waals surface area contributed by atoms with Gasteiger partial charge in [0.2, 0.25) is 0 Å². The highest BCUT2D eigenvalue weighted by molar-refractivity contribution is 5.80. The van der Waals surface area contributed by atoms with Gasteiger partial charge in [-0.1, -0.05) is 12.1 Å². The Bertz CT molecular complexity index is 292. The van der Waals surface area contributed by atoms with E-state index in [1.54, 1.807) is 0 Å². The van der Waals surface area contributed by atoms with Crippen molar-refractivity contribution in [2.75, 3.05) is 0 Å². The van der Waals surface area contributed by atoms with Crippen LogP contribution in [0.25, 0.3) is 0 Å². The fraction of sp³-hybridized carbons (Fsp3) is 0.300. The third kappa shape index (κ3) is 2.93. The van der Waals surface area contributed by atoms with Crippen molar-refractivity contribution >= 4 is 5.78 Å². The molecule has 0 aliphatic heterocycles. The third-order valence-electron chi connectivity index (χ3n) is 1.77. The van der Waals surface area contributed by atoms with Crippen molar-refractivity contribution in [2.45, 2.75) is 19.5 Å². The summed E-state index contributed by atoms with van der Waals surface area (Å²) in [5.41, 5.74) is 0.629. The van der Waals surface area contributed by atoms with E-state index >= 15 is 0 Å². The fourth-order valence-corrected chi connectivity index (χ4v) is 0.971. The summed E-state index contributed by atoms with van der Waals surface area (Å²) in [5, 5.41) is 0. The van der Waals surface area contributed by atoms with Crippen molar-refractivity contribution < 1.29 is 13.6 Å². The topological polar surface area (TPSA) is 17.1 Å². The van der Waals surface area contributed by atoms with Gasteiger partial charge in [0, 0.05) is 6.42 Å². The SMILES string of the molecule is CC(=O)C(F)Cc1ccc(F)cc1. The summed E-state index contributed by atoms with van der Waals surface area (Å²) in [6.45, 7) is 1.20.